The van der Waals surface area contributed by atoms with Gasteiger partial charge in [-0.05, 0) is 17.9 Å². The van der Waals surface area contributed by atoms with Crippen LogP contribution >= 0.6 is 23.4 Å². The summed E-state index contributed by atoms with van der Waals surface area (Å²) < 4.78 is 0. The van der Waals surface area contributed by atoms with E-state index in [2.05, 4.69) is 9.97 Å². The first-order valence-electron chi connectivity index (χ1n) is 5.30. The van der Waals surface area contributed by atoms with Gasteiger partial charge in [-0.3, -0.25) is 0 Å². The molecule has 0 fully saturated rings. The molecule has 2 rings (SSSR count). The zero-order valence-electron chi connectivity index (χ0n) is 9.80. The van der Waals surface area contributed by atoms with Crippen molar-refractivity contribution in [3.8, 4) is 0 Å². The molecule has 18 heavy (non-hydrogen) atoms. The minimum Gasteiger partial charge on any atom is -0.383 e. The number of nitrogens with two attached hydrogens (primary N) is 2. The Hall–Kier alpha value is -1.30. The molecule has 0 aliphatic heterocycles. The molecule has 0 saturated carbocycles. The normalized spacial score (nSPS) is 12.4. The van der Waals surface area contributed by atoms with Gasteiger partial charge in [-0.1, -0.05) is 41.6 Å². The van der Waals surface area contributed by atoms with E-state index in [-0.39, 0.29) is 0 Å². The molecule has 6 heteroatoms. The molecule has 1 aromatic carbocycles. The van der Waals surface area contributed by atoms with Gasteiger partial charge in [0.2, 0.25) is 0 Å². The summed E-state index contributed by atoms with van der Waals surface area (Å²) in [6, 6.07) is 6.98. The van der Waals surface area contributed by atoms with Gasteiger partial charge in [-0.25, -0.2) is 9.97 Å². The summed E-state index contributed by atoms with van der Waals surface area (Å²) in [5.74, 6) is 0.391. The molecule has 1 atom stereocenters. The van der Waals surface area contributed by atoms with Crippen molar-refractivity contribution in [1.29, 1.82) is 0 Å². The predicted octanol–water partition coefficient (Wildman–Crippen LogP) is 2.48. The number of anilines is 1. The number of aromatic nitrogens is 2. The highest BCUT2D eigenvalue weighted by atomic mass is 35.5. The lowest BCUT2D eigenvalue weighted by atomic mass is 10.0. The summed E-state index contributed by atoms with van der Waals surface area (Å²) in [4.78, 5) is 8.36. The van der Waals surface area contributed by atoms with Gasteiger partial charge < -0.3 is 11.5 Å². The second-order valence-electron chi connectivity index (χ2n) is 3.70. The number of hydrogen-bond donors (Lipinski definition) is 2. The van der Waals surface area contributed by atoms with E-state index in [1.54, 1.807) is 12.3 Å². The molecule has 0 radical (unpaired) electrons. The van der Waals surface area contributed by atoms with Crippen molar-refractivity contribution in [3.63, 3.8) is 0 Å². The van der Waals surface area contributed by atoms with E-state index in [9.17, 15) is 0 Å². The van der Waals surface area contributed by atoms with E-state index in [1.165, 1.54) is 11.8 Å². The fourth-order valence-corrected chi connectivity index (χ4v) is 2.22. The Morgan fingerprint density at radius 3 is 2.61 bits per heavy atom. The summed E-state index contributed by atoms with van der Waals surface area (Å²) in [6.45, 7) is 0. The van der Waals surface area contributed by atoms with Gasteiger partial charge in [-0.2, -0.15) is 0 Å². The Morgan fingerprint density at radius 1 is 1.28 bits per heavy atom. The van der Waals surface area contributed by atoms with Crippen LogP contribution in [0.15, 0.2) is 35.6 Å². The molecule has 2 aromatic rings. The van der Waals surface area contributed by atoms with Crippen LogP contribution in [0.1, 0.15) is 17.2 Å². The third kappa shape index (κ3) is 2.58. The van der Waals surface area contributed by atoms with Crippen LogP contribution in [0.5, 0.6) is 0 Å². The van der Waals surface area contributed by atoms with Crippen molar-refractivity contribution in [3.05, 3.63) is 46.6 Å². The minimum absolute atomic E-state index is 0.391. The molecule has 0 bridgehead atoms. The van der Waals surface area contributed by atoms with Crippen LogP contribution in [0.4, 0.5) is 5.82 Å². The third-order valence-corrected chi connectivity index (χ3v) is 3.49. The van der Waals surface area contributed by atoms with Gasteiger partial charge in [0.1, 0.15) is 5.82 Å². The topological polar surface area (TPSA) is 77.8 Å². The molecule has 1 unspecified atom stereocenters. The van der Waals surface area contributed by atoms with Crippen LogP contribution in [0.3, 0.4) is 0 Å². The first-order chi connectivity index (χ1) is 8.63. The number of hydrogen-bond acceptors (Lipinski definition) is 5. The molecule has 4 nitrogen and oxygen atoms in total. The van der Waals surface area contributed by atoms with Crippen LogP contribution in [-0.2, 0) is 0 Å². The Morgan fingerprint density at radius 2 is 2.00 bits per heavy atom. The highest BCUT2D eigenvalue weighted by molar-refractivity contribution is 7.98. The van der Waals surface area contributed by atoms with E-state index < -0.39 is 6.04 Å². The van der Waals surface area contributed by atoms with Crippen LogP contribution in [0, 0.1) is 0 Å². The number of halogens is 1. The molecule has 0 amide bonds. The van der Waals surface area contributed by atoms with E-state index in [0.29, 0.717) is 21.6 Å². The Balaban J connectivity index is 2.40. The second-order valence-corrected chi connectivity index (χ2v) is 4.88. The average Bonchev–Trinajstić information content (AvgIpc) is 2.38. The number of nitrogen functional groups attached to an aromatic ring is 1. The molecule has 0 spiro atoms. The number of thioether (sulfide) groups is 1. The zero-order valence-corrected chi connectivity index (χ0v) is 11.4. The molecule has 1 aromatic heterocycles. The lowest BCUT2D eigenvalue weighted by Crippen LogP contribution is -2.16. The predicted molar refractivity (Wildman–Crippen MR) is 75.7 cm³/mol. The van der Waals surface area contributed by atoms with Crippen molar-refractivity contribution >= 4 is 29.2 Å². The van der Waals surface area contributed by atoms with Crippen molar-refractivity contribution < 1.29 is 0 Å². The maximum absolute atomic E-state index is 6.16. The average molecular weight is 281 g/mol. The summed E-state index contributed by atoms with van der Waals surface area (Å²) in [5, 5.41) is 1.24. The summed E-state index contributed by atoms with van der Waals surface area (Å²) in [7, 11) is 0. The van der Waals surface area contributed by atoms with Gasteiger partial charge in [0.05, 0.1) is 6.04 Å². The third-order valence-electron chi connectivity index (χ3n) is 2.58. The molecule has 0 saturated heterocycles. The summed E-state index contributed by atoms with van der Waals surface area (Å²) in [6.07, 6.45) is 3.55. The summed E-state index contributed by atoms with van der Waals surface area (Å²) >= 11 is 7.55. The maximum Gasteiger partial charge on any atom is 0.189 e. The molecule has 1 heterocycles. The van der Waals surface area contributed by atoms with Crippen molar-refractivity contribution in [2.24, 2.45) is 5.73 Å². The van der Waals surface area contributed by atoms with E-state index in [1.807, 2.05) is 24.5 Å². The van der Waals surface area contributed by atoms with Gasteiger partial charge in [-0.15, -0.1) is 0 Å². The standard InChI is InChI=1S/C12H13ClN4S/c1-18-12-16-6-8(11(15)17-12)10(14)7-4-2-3-5-9(7)13/h2-6,10H,14H2,1H3,(H2,15,16,17). The fourth-order valence-electron chi connectivity index (χ4n) is 1.62. The molecular weight excluding hydrogens is 268 g/mol. The van der Waals surface area contributed by atoms with Gasteiger partial charge in [0, 0.05) is 16.8 Å². The zero-order chi connectivity index (χ0) is 13.1. The van der Waals surface area contributed by atoms with E-state index in [0.717, 1.165) is 5.56 Å². The number of benzene rings is 1. The highest BCUT2D eigenvalue weighted by Gasteiger charge is 2.16. The highest BCUT2D eigenvalue weighted by Crippen LogP contribution is 2.28. The Bertz CT molecular complexity index is 562. The SMILES string of the molecule is CSc1ncc(C(N)c2ccccc2Cl)c(N)n1. The van der Waals surface area contributed by atoms with Gasteiger partial charge in [0.15, 0.2) is 5.16 Å². The molecule has 0 aliphatic rings. The number of rotatable bonds is 3. The first kappa shape index (κ1) is 13.1. The molecule has 94 valence electrons. The van der Waals surface area contributed by atoms with Crippen LogP contribution in [-0.4, -0.2) is 16.2 Å². The monoisotopic (exact) mass is 280 g/mol. The van der Waals surface area contributed by atoms with Crippen LogP contribution in [0.25, 0.3) is 0 Å². The lowest BCUT2D eigenvalue weighted by Gasteiger charge is -2.15. The Kier molecular flexibility index (Phi) is 4.06. The molecule has 0 aliphatic carbocycles. The molecular formula is C12H13ClN4S. The number of nitrogens with zero attached hydrogens (tertiary/aromatic N) is 2. The maximum atomic E-state index is 6.16. The van der Waals surface area contributed by atoms with E-state index in [4.69, 9.17) is 23.1 Å². The van der Waals surface area contributed by atoms with Crippen molar-refractivity contribution in [2.45, 2.75) is 11.2 Å². The van der Waals surface area contributed by atoms with Gasteiger partial charge in [0.25, 0.3) is 0 Å². The Labute approximate surface area is 115 Å². The minimum atomic E-state index is -0.422. The lowest BCUT2D eigenvalue weighted by molar-refractivity contribution is 0.834. The molecule has 4 N–H and O–H groups in total. The second kappa shape index (κ2) is 5.56. The van der Waals surface area contributed by atoms with Gasteiger partial charge >= 0.3 is 0 Å². The van der Waals surface area contributed by atoms with Crippen molar-refractivity contribution in [1.82, 2.24) is 9.97 Å². The quantitative estimate of drug-likeness (QED) is 0.667. The van der Waals surface area contributed by atoms with E-state index >= 15 is 0 Å². The van der Waals surface area contributed by atoms with Crippen LogP contribution in [0.2, 0.25) is 5.02 Å². The smallest absolute Gasteiger partial charge is 0.189 e. The fraction of sp³-hybridized carbons (Fsp3) is 0.167. The summed E-state index contributed by atoms with van der Waals surface area (Å²) in [5.41, 5.74) is 13.5. The van der Waals surface area contributed by atoms with Crippen molar-refractivity contribution in [2.75, 3.05) is 12.0 Å². The first-order valence-corrected chi connectivity index (χ1v) is 6.90. The largest absolute Gasteiger partial charge is 0.383 e. The van der Waals surface area contributed by atoms with Crippen LogP contribution < -0.4 is 11.5 Å².